The van der Waals surface area contributed by atoms with E-state index in [0.717, 1.165) is 6.42 Å². The van der Waals surface area contributed by atoms with Crippen LogP contribution in [0, 0.1) is 5.92 Å². The molecule has 4 rings (SSSR count). The smallest absolute Gasteiger partial charge is 0.274 e. The number of carbonyl (C=O) groups is 2. The first-order chi connectivity index (χ1) is 13.2. The molecule has 2 amide bonds. The van der Waals surface area contributed by atoms with Crippen LogP contribution in [0.1, 0.15) is 22.5 Å². The number of amides is 2. The summed E-state index contributed by atoms with van der Waals surface area (Å²) >= 11 is 0. The molecule has 1 saturated heterocycles. The van der Waals surface area contributed by atoms with Crippen LogP contribution in [-0.2, 0) is 11.2 Å². The lowest BCUT2D eigenvalue weighted by Crippen LogP contribution is -2.35. The van der Waals surface area contributed by atoms with Gasteiger partial charge < -0.3 is 10.2 Å². The number of hydrogen-bond acceptors (Lipinski definition) is 4. The molecule has 1 aliphatic rings. The molecule has 1 unspecified atom stereocenters. The van der Waals surface area contributed by atoms with Crippen LogP contribution < -0.4 is 5.32 Å². The van der Waals surface area contributed by atoms with E-state index in [2.05, 4.69) is 15.3 Å². The molecule has 0 spiro atoms. The number of hydrogen-bond donors (Lipinski definition) is 1. The summed E-state index contributed by atoms with van der Waals surface area (Å²) in [5.74, 6) is 0.188. The number of aromatic nitrogens is 3. The molecule has 3 aromatic rings. The molecular weight excluding hydrogens is 342 g/mol. The zero-order valence-electron chi connectivity index (χ0n) is 14.9. The highest BCUT2D eigenvalue weighted by atomic mass is 16.2. The number of likely N-dealkylation sites (tertiary alicyclic amines) is 1. The minimum atomic E-state index is -0.167. The lowest BCUT2D eigenvalue weighted by atomic mass is 10.1. The van der Waals surface area contributed by atoms with Crippen molar-refractivity contribution >= 4 is 17.6 Å². The largest absolute Gasteiger partial charge is 0.355 e. The Morgan fingerprint density at radius 1 is 1.19 bits per heavy atom. The molecule has 1 N–H and O–H groups in total. The normalized spacial score (nSPS) is 16.6. The Morgan fingerprint density at radius 3 is 2.85 bits per heavy atom. The van der Waals surface area contributed by atoms with Crippen LogP contribution in [0.15, 0.2) is 55.0 Å². The van der Waals surface area contributed by atoms with E-state index in [0.29, 0.717) is 37.5 Å². The zero-order valence-corrected chi connectivity index (χ0v) is 14.9. The summed E-state index contributed by atoms with van der Waals surface area (Å²) in [6, 6.07) is 11.8. The Morgan fingerprint density at radius 2 is 2.04 bits per heavy atom. The fraction of sp³-hybridized carbons (Fsp3) is 0.300. The lowest BCUT2D eigenvalue weighted by Gasteiger charge is -2.15. The van der Waals surface area contributed by atoms with Gasteiger partial charge in [0.1, 0.15) is 5.69 Å². The van der Waals surface area contributed by atoms with Gasteiger partial charge in [-0.05, 0) is 24.5 Å². The third kappa shape index (κ3) is 3.81. The Hall–Kier alpha value is -3.22. The average Bonchev–Trinajstić information content (AvgIpc) is 3.35. The van der Waals surface area contributed by atoms with Gasteiger partial charge in [-0.3, -0.25) is 14.0 Å². The van der Waals surface area contributed by atoms with Crippen LogP contribution in [0.2, 0.25) is 0 Å². The third-order valence-corrected chi connectivity index (χ3v) is 4.86. The molecule has 1 fully saturated rings. The van der Waals surface area contributed by atoms with E-state index in [4.69, 9.17) is 0 Å². The van der Waals surface area contributed by atoms with Gasteiger partial charge >= 0.3 is 0 Å². The number of fused-ring (bicyclic) bond motifs is 1. The first-order valence-electron chi connectivity index (χ1n) is 9.11. The van der Waals surface area contributed by atoms with Crippen molar-refractivity contribution in [1.82, 2.24) is 24.6 Å². The molecule has 0 saturated carbocycles. The predicted octanol–water partition coefficient (Wildman–Crippen LogP) is 1.55. The van der Waals surface area contributed by atoms with E-state index < -0.39 is 0 Å². The number of rotatable bonds is 5. The van der Waals surface area contributed by atoms with Crippen LogP contribution in [0.4, 0.5) is 0 Å². The van der Waals surface area contributed by atoms with E-state index in [-0.39, 0.29) is 17.7 Å². The van der Waals surface area contributed by atoms with Gasteiger partial charge in [-0.15, -0.1) is 0 Å². The average molecular weight is 363 g/mol. The first kappa shape index (κ1) is 17.2. The van der Waals surface area contributed by atoms with E-state index in [1.54, 1.807) is 34.0 Å². The van der Waals surface area contributed by atoms with E-state index in [1.807, 2.05) is 30.3 Å². The molecule has 1 aliphatic heterocycles. The Kier molecular flexibility index (Phi) is 4.82. The summed E-state index contributed by atoms with van der Waals surface area (Å²) in [5.41, 5.74) is 1.56. The van der Waals surface area contributed by atoms with Crippen LogP contribution in [0.3, 0.4) is 0 Å². The molecule has 3 heterocycles. The van der Waals surface area contributed by atoms with Crippen molar-refractivity contribution < 1.29 is 9.59 Å². The number of benzene rings is 1. The summed E-state index contributed by atoms with van der Waals surface area (Å²) in [4.78, 5) is 35.2. The molecule has 27 heavy (non-hydrogen) atoms. The van der Waals surface area contributed by atoms with Crippen LogP contribution in [0.25, 0.3) is 5.78 Å². The number of carbonyl (C=O) groups excluding carboxylic acids is 2. The van der Waals surface area contributed by atoms with Crippen molar-refractivity contribution in [3.63, 3.8) is 0 Å². The van der Waals surface area contributed by atoms with Crippen molar-refractivity contribution in [2.45, 2.75) is 12.8 Å². The minimum absolute atomic E-state index is 0.0119. The van der Waals surface area contributed by atoms with Gasteiger partial charge in [-0.2, -0.15) is 0 Å². The second-order valence-electron chi connectivity index (χ2n) is 6.72. The Bertz CT molecular complexity index is 920. The van der Waals surface area contributed by atoms with Crippen molar-refractivity contribution in [1.29, 1.82) is 0 Å². The maximum absolute atomic E-state index is 12.7. The molecule has 0 bridgehead atoms. The van der Waals surface area contributed by atoms with Gasteiger partial charge in [0, 0.05) is 38.2 Å². The van der Waals surface area contributed by atoms with Gasteiger partial charge in [-0.1, -0.05) is 30.3 Å². The second kappa shape index (κ2) is 7.57. The summed E-state index contributed by atoms with van der Waals surface area (Å²) in [6.45, 7) is 1.60. The first-order valence-corrected chi connectivity index (χ1v) is 9.11. The molecule has 1 atom stereocenters. The number of imidazole rings is 1. The topological polar surface area (TPSA) is 79.6 Å². The van der Waals surface area contributed by atoms with Gasteiger partial charge in [0.15, 0.2) is 0 Å². The predicted molar refractivity (Wildman–Crippen MR) is 100 cm³/mol. The fourth-order valence-corrected chi connectivity index (χ4v) is 3.37. The standard InChI is InChI=1S/C20H21N5O2/c26-18(21-10-7-15-5-2-1-3-6-15)16-8-12-24(13-16)19(27)17-14-25-11-4-9-22-20(25)23-17/h1-6,9,11,14,16H,7-8,10,12-13H2,(H,21,26). The summed E-state index contributed by atoms with van der Waals surface area (Å²) in [7, 11) is 0. The van der Waals surface area contributed by atoms with Gasteiger partial charge in [-0.25, -0.2) is 9.97 Å². The van der Waals surface area contributed by atoms with Crippen LogP contribution in [-0.4, -0.2) is 50.7 Å². The van der Waals surface area contributed by atoms with E-state index in [1.165, 1.54) is 5.56 Å². The van der Waals surface area contributed by atoms with E-state index in [9.17, 15) is 9.59 Å². The van der Waals surface area contributed by atoms with Crippen molar-refractivity contribution in [2.75, 3.05) is 19.6 Å². The molecule has 1 aromatic carbocycles. The summed E-state index contributed by atoms with van der Waals surface area (Å²) in [6.07, 6.45) is 6.60. The Balaban J connectivity index is 1.31. The molecule has 7 nitrogen and oxygen atoms in total. The molecule has 0 radical (unpaired) electrons. The number of nitrogens with zero attached hydrogens (tertiary/aromatic N) is 4. The quantitative estimate of drug-likeness (QED) is 0.746. The lowest BCUT2D eigenvalue weighted by molar-refractivity contribution is -0.124. The summed E-state index contributed by atoms with van der Waals surface area (Å²) < 4.78 is 1.72. The monoisotopic (exact) mass is 363 g/mol. The highest BCUT2D eigenvalue weighted by Gasteiger charge is 2.32. The maximum Gasteiger partial charge on any atom is 0.274 e. The molecule has 2 aromatic heterocycles. The molecule has 7 heteroatoms. The van der Waals surface area contributed by atoms with Gasteiger partial charge in [0.2, 0.25) is 11.7 Å². The highest BCUT2D eigenvalue weighted by molar-refractivity contribution is 5.93. The van der Waals surface area contributed by atoms with Crippen molar-refractivity contribution in [3.05, 3.63) is 66.2 Å². The van der Waals surface area contributed by atoms with Crippen molar-refractivity contribution in [3.8, 4) is 0 Å². The Labute approximate surface area is 157 Å². The number of nitrogens with one attached hydrogen (secondary N) is 1. The van der Waals surface area contributed by atoms with Crippen LogP contribution >= 0.6 is 0 Å². The minimum Gasteiger partial charge on any atom is -0.355 e. The maximum atomic E-state index is 12.7. The molecular formula is C20H21N5O2. The van der Waals surface area contributed by atoms with Crippen molar-refractivity contribution in [2.24, 2.45) is 5.92 Å². The highest BCUT2D eigenvalue weighted by Crippen LogP contribution is 2.19. The zero-order chi connectivity index (χ0) is 18.6. The van der Waals surface area contributed by atoms with Crippen LogP contribution in [0.5, 0.6) is 0 Å². The second-order valence-corrected chi connectivity index (χ2v) is 6.72. The molecule has 138 valence electrons. The SMILES string of the molecule is O=C(NCCc1ccccc1)C1CCN(C(=O)c2cn3cccnc3n2)C1. The van der Waals surface area contributed by atoms with E-state index >= 15 is 0 Å². The fourth-order valence-electron chi connectivity index (χ4n) is 3.37. The molecule has 0 aliphatic carbocycles. The van der Waals surface area contributed by atoms with Gasteiger partial charge in [0.25, 0.3) is 5.91 Å². The third-order valence-electron chi connectivity index (χ3n) is 4.86. The van der Waals surface area contributed by atoms with Gasteiger partial charge in [0.05, 0.1) is 5.92 Å². The summed E-state index contributed by atoms with van der Waals surface area (Å²) in [5, 5.41) is 2.99.